The fourth-order valence-electron chi connectivity index (χ4n) is 1.30. The van der Waals surface area contributed by atoms with Crippen LogP contribution in [0.15, 0.2) is 42.7 Å². The van der Waals surface area contributed by atoms with Gasteiger partial charge in [0, 0.05) is 6.20 Å². The number of anilines is 1. The molecular formula is C11H12ClN3O2. The van der Waals surface area contributed by atoms with Crippen LogP contribution in [0.4, 0.5) is 5.69 Å². The van der Waals surface area contributed by atoms with Crippen LogP contribution in [-0.2, 0) is 9.63 Å². The van der Waals surface area contributed by atoms with Gasteiger partial charge >= 0.3 is 0 Å². The Kier molecular flexibility index (Phi) is 3.63. The summed E-state index contributed by atoms with van der Waals surface area (Å²) >= 11 is 5.30. The van der Waals surface area contributed by atoms with Gasteiger partial charge in [-0.1, -0.05) is 18.2 Å². The molecule has 0 saturated carbocycles. The number of benzene rings is 1. The second kappa shape index (κ2) is 5.18. The molecule has 1 aliphatic rings. The van der Waals surface area contributed by atoms with Crippen molar-refractivity contribution in [2.75, 3.05) is 5.01 Å². The number of carbonyl (C=O) groups excluding carboxylic acids is 1. The molecule has 17 heavy (non-hydrogen) atoms. The molecule has 5 nitrogen and oxygen atoms in total. The Bertz CT molecular complexity index is 424. The first-order chi connectivity index (χ1) is 8.16. The van der Waals surface area contributed by atoms with Gasteiger partial charge in [0.2, 0.25) is 0 Å². The van der Waals surface area contributed by atoms with Gasteiger partial charge in [-0.15, -0.1) is 5.53 Å². The van der Waals surface area contributed by atoms with E-state index < -0.39 is 11.3 Å². The molecule has 90 valence electrons. The minimum absolute atomic E-state index is 0.543. The van der Waals surface area contributed by atoms with Gasteiger partial charge in [0.05, 0.1) is 11.9 Å². The third-order valence-electron chi connectivity index (χ3n) is 2.18. The number of hydrazine groups is 2. The van der Waals surface area contributed by atoms with Crippen molar-refractivity contribution in [2.24, 2.45) is 0 Å². The van der Waals surface area contributed by atoms with Crippen molar-refractivity contribution in [3.05, 3.63) is 42.7 Å². The normalized spacial score (nSPS) is 16.4. The van der Waals surface area contributed by atoms with E-state index in [4.69, 9.17) is 16.4 Å². The molecule has 1 atom stereocenters. The molecule has 6 heteroatoms. The maximum Gasteiger partial charge on any atom is 0.253 e. The smallest absolute Gasteiger partial charge is 0.253 e. The molecule has 0 aliphatic carbocycles. The van der Waals surface area contributed by atoms with Gasteiger partial charge in [0.1, 0.15) is 0 Å². The summed E-state index contributed by atoms with van der Waals surface area (Å²) in [5.74, 6) is 0. The summed E-state index contributed by atoms with van der Waals surface area (Å²) in [6.07, 6.45) is 2.73. The summed E-state index contributed by atoms with van der Waals surface area (Å²) in [6.45, 7) is 1.58. The molecule has 1 aromatic rings. The molecule has 0 radical (unpaired) electrons. The quantitative estimate of drug-likeness (QED) is 0.829. The second-order valence-electron chi connectivity index (χ2n) is 3.48. The van der Waals surface area contributed by atoms with Crippen LogP contribution in [0.25, 0.3) is 0 Å². The number of para-hydroxylation sites is 1. The van der Waals surface area contributed by atoms with E-state index in [1.54, 1.807) is 24.3 Å². The van der Waals surface area contributed by atoms with Crippen LogP contribution in [-0.4, -0.2) is 16.5 Å². The first kappa shape index (κ1) is 11.9. The molecular weight excluding hydrogens is 242 g/mol. The van der Waals surface area contributed by atoms with Gasteiger partial charge in [-0.2, -0.15) is 5.17 Å². The molecule has 1 N–H and O–H groups in total. The summed E-state index contributed by atoms with van der Waals surface area (Å²) in [4.78, 5) is 16.1. The van der Waals surface area contributed by atoms with Gasteiger partial charge in [0.25, 0.3) is 5.24 Å². The van der Waals surface area contributed by atoms with Crippen molar-refractivity contribution in [2.45, 2.75) is 13.0 Å². The number of nitrogens with zero attached hydrogens (tertiary/aromatic N) is 2. The lowest BCUT2D eigenvalue weighted by atomic mass is 10.3. The van der Waals surface area contributed by atoms with Gasteiger partial charge in [-0.3, -0.25) is 9.80 Å². The standard InChI is InChI=1S/C11H12ClN3O2/c1-9(11(12)16)17-15-8-7-14(13-15)10-5-3-2-4-6-10/h2-9,13H,1H3. The highest BCUT2D eigenvalue weighted by atomic mass is 35.5. The van der Waals surface area contributed by atoms with E-state index in [-0.39, 0.29) is 0 Å². The summed E-state index contributed by atoms with van der Waals surface area (Å²) < 4.78 is 0. The Morgan fingerprint density at radius 1 is 1.35 bits per heavy atom. The number of carbonyl (C=O) groups is 1. The first-order valence-electron chi connectivity index (χ1n) is 5.11. The van der Waals surface area contributed by atoms with Gasteiger partial charge in [-0.25, -0.2) is 4.84 Å². The van der Waals surface area contributed by atoms with E-state index in [9.17, 15) is 4.79 Å². The number of hydrogen-bond donors (Lipinski definition) is 1. The van der Waals surface area contributed by atoms with E-state index >= 15 is 0 Å². The summed E-state index contributed by atoms with van der Waals surface area (Å²) in [5.41, 5.74) is 3.87. The number of halogens is 1. The number of hydrogen-bond acceptors (Lipinski definition) is 5. The van der Waals surface area contributed by atoms with Crippen LogP contribution < -0.4 is 10.5 Å². The van der Waals surface area contributed by atoms with Crippen LogP contribution in [0, 0.1) is 0 Å². The Morgan fingerprint density at radius 3 is 2.71 bits per heavy atom. The zero-order valence-corrected chi connectivity index (χ0v) is 9.96. The van der Waals surface area contributed by atoms with E-state index in [1.165, 1.54) is 5.17 Å². The molecule has 0 bridgehead atoms. The molecule has 0 saturated heterocycles. The minimum atomic E-state index is -0.704. The summed E-state index contributed by atoms with van der Waals surface area (Å²) in [6, 6.07) is 9.68. The molecule has 0 spiro atoms. The van der Waals surface area contributed by atoms with Crippen LogP contribution in [0.2, 0.25) is 0 Å². The van der Waals surface area contributed by atoms with Crippen molar-refractivity contribution in [3.63, 3.8) is 0 Å². The number of rotatable bonds is 4. The van der Waals surface area contributed by atoms with Gasteiger partial charge < -0.3 is 0 Å². The second-order valence-corrected chi connectivity index (χ2v) is 3.85. The van der Waals surface area contributed by atoms with E-state index in [0.717, 1.165) is 5.69 Å². The monoisotopic (exact) mass is 253 g/mol. The number of hydroxylamine groups is 1. The molecule has 1 aromatic carbocycles. The molecule has 2 rings (SSSR count). The lowest BCUT2D eigenvalue weighted by Gasteiger charge is -2.23. The van der Waals surface area contributed by atoms with Crippen LogP contribution >= 0.6 is 11.6 Å². The Hall–Kier alpha value is -1.56. The van der Waals surface area contributed by atoms with Crippen molar-refractivity contribution >= 4 is 22.5 Å². The summed E-state index contributed by atoms with van der Waals surface area (Å²) in [5, 5.41) is 2.54. The van der Waals surface area contributed by atoms with E-state index in [1.807, 2.05) is 30.3 Å². The highest BCUT2D eigenvalue weighted by Gasteiger charge is 2.19. The highest BCUT2D eigenvalue weighted by Crippen LogP contribution is 2.15. The summed E-state index contributed by atoms with van der Waals surface area (Å²) in [7, 11) is 0. The minimum Gasteiger partial charge on any atom is -0.278 e. The average molecular weight is 254 g/mol. The van der Waals surface area contributed by atoms with Crippen molar-refractivity contribution in [3.8, 4) is 0 Å². The average Bonchev–Trinajstić information content (AvgIpc) is 2.78. The van der Waals surface area contributed by atoms with Crippen molar-refractivity contribution in [1.82, 2.24) is 10.7 Å². The van der Waals surface area contributed by atoms with Gasteiger partial charge in [-0.05, 0) is 30.7 Å². The molecule has 0 amide bonds. The molecule has 0 aromatic heterocycles. The van der Waals surface area contributed by atoms with Crippen molar-refractivity contribution in [1.29, 1.82) is 0 Å². The van der Waals surface area contributed by atoms with Crippen LogP contribution in [0.3, 0.4) is 0 Å². The maximum absolute atomic E-state index is 10.8. The lowest BCUT2D eigenvalue weighted by molar-refractivity contribution is -0.185. The van der Waals surface area contributed by atoms with Crippen LogP contribution in [0.5, 0.6) is 0 Å². The molecule has 1 aliphatic heterocycles. The molecule has 1 unspecified atom stereocenters. The Morgan fingerprint density at radius 2 is 2.06 bits per heavy atom. The Labute approximate surface area is 104 Å². The maximum atomic E-state index is 10.8. The predicted octanol–water partition coefficient (Wildman–Crippen LogP) is 1.78. The fourth-order valence-corrected chi connectivity index (χ4v) is 1.34. The zero-order valence-electron chi connectivity index (χ0n) is 9.21. The molecule has 0 fully saturated rings. The largest absolute Gasteiger partial charge is 0.278 e. The Balaban J connectivity index is 1.93. The third kappa shape index (κ3) is 2.97. The molecule has 1 heterocycles. The zero-order chi connectivity index (χ0) is 12.3. The van der Waals surface area contributed by atoms with E-state index in [2.05, 4.69) is 5.53 Å². The van der Waals surface area contributed by atoms with E-state index in [0.29, 0.717) is 0 Å². The third-order valence-corrected chi connectivity index (χ3v) is 2.49. The van der Waals surface area contributed by atoms with Gasteiger partial charge in [0.15, 0.2) is 6.10 Å². The lowest BCUT2D eigenvalue weighted by Crippen LogP contribution is -2.41. The predicted molar refractivity (Wildman–Crippen MR) is 64.4 cm³/mol. The topological polar surface area (TPSA) is 44.8 Å². The number of nitrogens with one attached hydrogen (secondary N) is 1. The SMILES string of the molecule is CC(ON1C=CN(c2ccccc2)N1)C(=O)Cl. The van der Waals surface area contributed by atoms with Crippen LogP contribution in [0.1, 0.15) is 6.92 Å². The van der Waals surface area contributed by atoms with Crippen molar-refractivity contribution < 1.29 is 9.63 Å². The highest BCUT2D eigenvalue weighted by molar-refractivity contribution is 6.64. The first-order valence-corrected chi connectivity index (χ1v) is 5.49. The fraction of sp³-hybridized carbons (Fsp3) is 0.182.